The molecule has 2 aliphatic heterocycles. The third-order valence-corrected chi connectivity index (χ3v) is 14.2. The number of likely N-dealkylation sites (tertiary alicyclic amines) is 1. The summed E-state index contributed by atoms with van der Waals surface area (Å²) in [5.41, 5.74) is 3.71. The van der Waals surface area contributed by atoms with Crippen LogP contribution < -0.4 is 20.3 Å². The number of anilines is 2. The van der Waals surface area contributed by atoms with Crippen molar-refractivity contribution in [3.63, 3.8) is 0 Å². The van der Waals surface area contributed by atoms with Crippen LogP contribution in [0.5, 0.6) is 0 Å². The number of hydrogen-bond acceptors (Lipinski definition) is 12. The van der Waals surface area contributed by atoms with E-state index in [4.69, 9.17) is 16.3 Å². The molecule has 3 N–H and O–H groups in total. The van der Waals surface area contributed by atoms with Crippen molar-refractivity contribution in [3.8, 4) is 11.1 Å². The van der Waals surface area contributed by atoms with Gasteiger partial charge < -0.3 is 25.2 Å². The Morgan fingerprint density at radius 3 is 2.27 bits per heavy atom. The van der Waals surface area contributed by atoms with E-state index in [0.717, 1.165) is 67.9 Å². The van der Waals surface area contributed by atoms with E-state index >= 15 is 0 Å². The van der Waals surface area contributed by atoms with Crippen LogP contribution in [0.15, 0.2) is 131 Å². The third kappa shape index (κ3) is 13.5. The van der Waals surface area contributed by atoms with E-state index in [9.17, 15) is 28.1 Å². The molecule has 2 aliphatic rings. The number of rotatable bonds is 17. The van der Waals surface area contributed by atoms with Gasteiger partial charge in [0.2, 0.25) is 0 Å². The summed E-state index contributed by atoms with van der Waals surface area (Å²) >= 11 is 7.74. The Morgan fingerprint density at radius 1 is 0.879 bits per heavy atom. The minimum absolute atomic E-state index is 0.0603. The molecule has 0 spiro atoms. The Labute approximate surface area is 396 Å². The average Bonchev–Trinajstić information content (AvgIpc) is 3.74. The summed E-state index contributed by atoms with van der Waals surface area (Å²) in [5, 5.41) is 19.4. The standard InChI is InChI=1S/C49H56ClN7O7S2/c1-49(2,3)64-48(59)52-39-23-25-54(33-39)26-24-40(34-65-42-10-5-4-6-11-42)51-45-22-21-43(31-46(45)57(60)61)66(62,63)53-47(58)36-15-19-41(20-16-36)56-29-27-55(28-30-56)32-37-9-7-8-12-44(37)35-13-17-38(50)18-14-35/h4-22,31,39-40,51H,23-30,32-34H2,1-3H3,(H,52,59)(H,53,58)/t39-,40-/m1/s1. The SMILES string of the molecule is CC(C)(C)OC(=O)N[C@@H]1CCN(CC[C@H](CSc2ccccc2)Nc2ccc(S(=O)(=O)NC(=O)c3ccc(N4CCN(Cc5ccccc5-c5ccc(Cl)cc5)CC4)cc3)cc2[N+](=O)[O-])C1. The lowest BCUT2D eigenvalue weighted by Crippen LogP contribution is -2.46. The van der Waals surface area contributed by atoms with Gasteiger partial charge in [0.15, 0.2) is 0 Å². The summed E-state index contributed by atoms with van der Waals surface area (Å²) in [6.45, 7) is 11.5. The van der Waals surface area contributed by atoms with Gasteiger partial charge in [-0.25, -0.2) is 17.9 Å². The zero-order valence-corrected chi connectivity index (χ0v) is 39.7. The minimum Gasteiger partial charge on any atom is -0.444 e. The number of hydrogen-bond donors (Lipinski definition) is 3. The molecule has 348 valence electrons. The Kier molecular flexibility index (Phi) is 15.9. The largest absolute Gasteiger partial charge is 0.444 e. The van der Waals surface area contributed by atoms with Crippen molar-refractivity contribution in [2.75, 3.05) is 61.8 Å². The van der Waals surface area contributed by atoms with E-state index < -0.39 is 43.1 Å². The summed E-state index contributed by atoms with van der Waals surface area (Å²) in [5.74, 6) is -0.278. The molecule has 0 bridgehead atoms. The van der Waals surface area contributed by atoms with Crippen molar-refractivity contribution < 1.29 is 27.7 Å². The highest BCUT2D eigenvalue weighted by Crippen LogP contribution is 2.31. The zero-order chi connectivity index (χ0) is 46.8. The predicted molar refractivity (Wildman–Crippen MR) is 262 cm³/mol. The van der Waals surface area contributed by atoms with E-state index in [1.807, 2.05) is 81.4 Å². The van der Waals surface area contributed by atoms with E-state index in [2.05, 4.69) is 48.3 Å². The molecule has 2 atom stereocenters. The number of thioether (sulfide) groups is 1. The van der Waals surface area contributed by atoms with Gasteiger partial charge in [-0.05, 0) is 111 Å². The van der Waals surface area contributed by atoms with Crippen LogP contribution in [-0.2, 0) is 21.3 Å². The first kappa shape index (κ1) is 48.3. The fourth-order valence-electron chi connectivity index (χ4n) is 8.09. The first-order valence-electron chi connectivity index (χ1n) is 22.0. The van der Waals surface area contributed by atoms with Crippen molar-refractivity contribution in [1.29, 1.82) is 0 Å². The molecule has 17 heteroatoms. The van der Waals surface area contributed by atoms with Crippen molar-refractivity contribution in [1.82, 2.24) is 19.8 Å². The third-order valence-electron chi connectivity index (χ3n) is 11.5. The highest BCUT2D eigenvalue weighted by Gasteiger charge is 2.29. The zero-order valence-electron chi connectivity index (χ0n) is 37.3. The number of carbonyl (C=O) groups is 2. The second-order valence-corrected chi connectivity index (χ2v) is 20.7. The molecular weight excluding hydrogens is 898 g/mol. The number of sulfonamides is 1. The molecule has 0 aromatic heterocycles. The van der Waals surface area contributed by atoms with E-state index in [0.29, 0.717) is 30.3 Å². The number of carbonyl (C=O) groups excluding carboxylic acids is 2. The molecular formula is C49H56ClN7O7S2. The van der Waals surface area contributed by atoms with Gasteiger partial charge in [0.1, 0.15) is 11.3 Å². The molecule has 2 amide bonds. The first-order valence-corrected chi connectivity index (χ1v) is 24.9. The van der Waals surface area contributed by atoms with Crippen molar-refractivity contribution in [3.05, 3.63) is 148 Å². The molecule has 66 heavy (non-hydrogen) atoms. The van der Waals surface area contributed by atoms with Crippen molar-refractivity contribution in [2.24, 2.45) is 0 Å². The fourth-order valence-corrected chi connectivity index (χ4v) is 10.2. The lowest BCUT2D eigenvalue weighted by Gasteiger charge is -2.36. The number of benzene rings is 5. The van der Waals surface area contributed by atoms with Crippen LogP contribution in [0.1, 0.15) is 49.5 Å². The van der Waals surface area contributed by atoms with Gasteiger partial charge in [0.05, 0.1) is 9.82 Å². The molecule has 0 unspecified atom stereocenters. The van der Waals surface area contributed by atoms with Crippen LogP contribution in [-0.4, -0.2) is 104 Å². The molecule has 0 aliphatic carbocycles. The Bertz CT molecular complexity index is 2570. The molecule has 5 aromatic carbocycles. The fraction of sp³-hybridized carbons (Fsp3) is 0.347. The number of nitrogens with one attached hydrogen (secondary N) is 3. The monoisotopic (exact) mass is 953 g/mol. The summed E-state index contributed by atoms with van der Waals surface area (Å²) < 4.78 is 34.6. The summed E-state index contributed by atoms with van der Waals surface area (Å²) in [4.78, 5) is 45.0. The van der Waals surface area contributed by atoms with Crippen LogP contribution in [0.25, 0.3) is 11.1 Å². The minimum atomic E-state index is -4.49. The molecule has 5 aromatic rings. The Hall–Kier alpha value is -5.65. The highest BCUT2D eigenvalue weighted by atomic mass is 35.5. The lowest BCUT2D eigenvalue weighted by molar-refractivity contribution is -0.384. The number of halogens is 1. The second kappa shape index (κ2) is 21.8. The van der Waals surface area contributed by atoms with Gasteiger partial charge in [0.25, 0.3) is 21.6 Å². The molecule has 14 nitrogen and oxygen atoms in total. The van der Waals surface area contributed by atoms with Gasteiger partial charge >= 0.3 is 6.09 Å². The van der Waals surface area contributed by atoms with E-state index in [-0.39, 0.29) is 23.3 Å². The van der Waals surface area contributed by atoms with Crippen molar-refractivity contribution >= 4 is 62.4 Å². The highest BCUT2D eigenvalue weighted by molar-refractivity contribution is 7.99. The number of nitrogens with zero attached hydrogens (tertiary/aromatic N) is 4. The van der Waals surface area contributed by atoms with Gasteiger partial charge in [-0.1, -0.05) is 66.2 Å². The molecule has 0 saturated carbocycles. The summed E-state index contributed by atoms with van der Waals surface area (Å²) in [6.07, 6.45) is 0.925. The smallest absolute Gasteiger partial charge is 0.407 e. The van der Waals surface area contributed by atoms with Gasteiger partial charge in [-0.2, -0.15) is 0 Å². The number of nitro benzene ring substituents is 1. The molecule has 2 saturated heterocycles. The summed E-state index contributed by atoms with van der Waals surface area (Å²) in [7, 11) is -4.49. The van der Waals surface area contributed by atoms with Gasteiger partial charge in [0, 0.05) is 97.4 Å². The topological polar surface area (TPSA) is 166 Å². The maximum Gasteiger partial charge on any atom is 0.407 e. The molecule has 2 heterocycles. The van der Waals surface area contributed by atoms with Gasteiger partial charge in [-0.3, -0.25) is 19.8 Å². The van der Waals surface area contributed by atoms with Crippen LogP contribution in [0, 0.1) is 10.1 Å². The average molecular weight is 955 g/mol. The Balaban J connectivity index is 0.949. The maximum atomic E-state index is 13.5. The first-order chi connectivity index (χ1) is 31.6. The summed E-state index contributed by atoms with van der Waals surface area (Å²) in [6, 6.07) is 36.1. The number of piperazine rings is 1. The number of amides is 2. The number of alkyl carbamates (subject to hydrolysis) is 1. The Morgan fingerprint density at radius 2 is 1.58 bits per heavy atom. The quantitative estimate of drug-likeness (QED) is 0.0461. The number of nitro groups is 1. The van der Waals surface area contributed by atoms with Crippen LogP contribution in [0.4, 0.5) is 21.9 Å². The molecule has 2 fully saturated rings. The van der Waals surface area contributed by atoms with Crippen LogP contribution in [0.3, 0.4) is 0 Å². The molecule has 0 radical (unpaired) electrons. The van der Waals surface area contributed by atoms with E-state index in [1.165, 1.54) is 23.3 Å². The maximum absolute atomic E-state index is 13.5. The normalized spacial score (nSPS) is 16.4. The lowest BCUT2D eigenvalue weighted by atomic mass is 9.99. The van der Waals surface area contributed by atoms with Crippen molar-refractivity contribution in [2.45, 2.75) is 67.6 Å². The predicted octanol–water partition coefficient (Wildman–Crippen LogP) is 8.92. The van der Waals surface area contributed by atoms with Crippen LogP contribution >= 0.6 is 23.4 Å². The van der Waals surface area contributed by atoms with Gasteiger partial charge in [-0.15, -0.1) is 11.8 Å². The van der Waals surface area contributed by atoms with Crippen LogP contribution in [0.2, 0.25) is 5.02 Å². The second-order valence-electron chi connectivity index (χ2n) is 17.5. The number of ether oxygens (including phenoxy) is 1. The molecule has 7 rings (SSSR count). The van der Waals surface area contributed by atoms with E-state index in [1.54, 1.807) is 36.0 Å².